The SMILES string of the molecule is Cc1ncc(CNc2ncnc(Cl)c2Br)s1. The number of halogens is 2. The molecule has 16 heavy (non-hydrogen) atoms. The van der Waals surface area contributed by atoms with Gasteiger partial charge in [0.15, 0.2) is 0 Å². The molecule has 0 unspecified atom stereocenters. The Morgan fingerprint density at radius 2 is 2.25 bits per heavy atom. The highest BCUT2D eigenvalue weighted by Gasteiger charge is 2.06. The standard InChI is InChI=1S/C9H8BrClN4S/c1-5-12-2-6(16-5)3-13-9-7(10)8(11)14-4-15-9/h2,4H,3H2,1H3,(H,13,14,15). The van der Waals surface area contributed by atoms with Crippen LogP contribution >= 0.6 is 38.9 Å². The van der Waals surface area contributed by atoms with Crippen molar-refractivity contribution in [3.63, 3.8) is 0 Å². The number of aryl methyl sites for hydroxylation is 1. The average molecular weight is 320 g/mol. The molecule has 0 saturated heterocycles. The molecule has 0 atom stereocenters. The number of rotatable bonds is 3. The van der Waals surface area contributed by atoms with Gasteiger partial charge in [-0.05, 0) is 22.9 Å². The number of hydrogen-bond acceptors (Lipinski definition) is 5. The van der Waals surface area contributed by atoms with E-state index in [2.05, 4.69) is 36.2 Å². The van der Waals surface area contributed by atoms with Crippen LogP contribution in [0.25, 0.3) is 0 Å². The third kappa shape index (κ3) is 2.69. The van der Waals surface area contributed by atoms with Gasteiger partial charge in [-0.15, -0.1) is 11.3 Å². The quantitative estimate of drug-likeness (QED) is 0.882. The zero-order chi connectivity index (χ0) is 11.5. The molecule has 2 heterocycles. The first-order valence-electron chi connectivity index (χ1n) is 4.48. The average Bonchev–Trinajstić information content (AvgIpc) is 2.67. The van der Waals surface area contributed by atoms with Crippen LogP contribution < -0.4 is 5.32 Å². The molecule has 2 rings (SSSR count). The monoisotopic (exact) mass is 318 g/mol. The van der Waals surface area contributed by atoms with Crippen molar-refractivity contribution < 1.29 is 0 Å². The Bertz CT molecular complexity index is 502. The van der Waals surface area contributed by atoms with E-state index in [0.29, 0.717) is 22.0 Å². The second-order valence-corrected chi connectivity index (χ2v) is 5.50. The number of nitrogens with one attached hydrogen (secondary N) is 1. The zero-order valence-corrected chi connectivity index (χ0v) is 11.5. The number of nitrogens with zero attached hydrogens (tertiary/aromatic N) is 3. The van der Waals surface area contributed by atoms with E-state index in [1.54, 1.807) is 11.3 Å². The molecule has 0 saturated carbocycles. The van der Waals surface area contributed by atoms with Crippen molar-refractivity contribution in [2.24, 2.45) is 0 Å². The first-order chi connectivity index (χ1) is 7.66. The fourth-order valence-corrected chi connectivity index (χ4v) is 2.34. The summed E-state index contributed by atoms with van der Waals surface area (Å²) in [5.41, 5.74) is 0. The molecule has 0 amide bonds. The molecule has 0 bridgehead atoms. The van der Waals surface area contributed by atoms with Gasteiger partial charge in [0.25, 0.3) is 0 Å². The van der Waals surface area contributed by atoms with E-state index in [9.17, 15) is 0 Å². The molecule has 0 aliphatic carbocycles. The highest BCUT2D eigenvalue weighted by Crippen LogP contribution is 2.26. The van der Waals surface area contributed by atoms with Crippen LogP contribution in [0, 0.1) is 6.92 Å². The van der Waals surface area contributed by atoms with Crippen LogP contribution in [0.4, 0.5) is 5.82 Å². The van der Waals surface area contributed by atoms with Gasteiger partial charge in [-0.25, -0.2) is 15.0 Å². The van der Waals surface area contributed by atoms with Crippen LogP contribution in [0.15, 0.2) is 17.0 Å². The molecule has 0 aliphatic rings. The number of hydrogen-bond donors (Lipinski definition) is 1. The van der Waals surface area contributed by atoms with Crippen LogP contribution in [0.2, 0.25) is 5.15 Å². The Labute approximate surface area is 110 Å². The molecule has 0 spiro atoms. The van der Waals surface area contributed by atoms with Crippen molar-refractivity contribution in [3.8, 4) is 0 Å². The summed E-state index contributed by atoms with van der Waals surface area (Å²) in [6, 6.07) is 0. The van der Waals surface area contributed by atoms with Crippen molar-refractivity contribution in [3.05, 3.63) is 32.0 Å². The van der Waals surface area contributed by atoms with Gasteiger partial charge in [0.1, 0.15) is 17.3 Å². The van der Waals surface area contributed by atoms with Gasteiger partial charge in [0.2, 0.25) is 0 Å². The Kier molecular flexibility index (Phi) is 3.73. The summed E-state index contributed by atoms with van der Waals surface area (Å²) in [6.45, 7) is 2.66. The van der Waals surface area contributed by atoms with Crippen LogP contribution in [0.3, 0.4) is 0 Å². The summed E-state index contributed by atoms with van der Waals surface area (Å²) >= 11 is 10.8. The fourth-order valence-electron chi connectivity index (χ4n) is 1.13. The molecule has 4 nitrogen and oxygen atoms in total. The van der Waals surface area contributed by atoms with Gasteiger partial charge in [-0.2, -0.15) is 0 Å². The Hall–Kier alpha value is -0.720. The maximum absolute atomic E-state index is 5.85. The predicted octanol–water partition coefficient (Wildman–Crippen LogP) is 3.27. The van der Waals surface area contributed by atoms with Gasteiger partial charge in [-0.3, -0.25) is 0 Å². The minimum atomic E-state index is 0.401. The predicted molar refractivity (Wildman–Crippen MR) is 68.9 cm³/mol. The van der Waals surface area contributed by atoms with Crippen molar-refractivity contribution in [1.82, 2.24) is 15.0 Å². The summed E-state index contributed by atoms with van der Waals surface area (Å²) in [7, 11) is 0. The minimum absolute atomic E-state index is 0.401. The smallest absolute Gasteiger partial charge is 0.148 e. The fraction of sp³-hybridized carbons (Fsp3) is 0.222. The second kappa shape index (κ2) is 5.07. The number of anilines is 1. The normalized spacial score (nSPS) is 10.4. The van der Waals surface area contributed by atoms with Gasteiger partial charge < -0.3 is 5.32 Å². The summed E-state index contributed by atoms with van der Waals surface area (Å²) in [6.07, 6.45) is 3.27. The van der Waals surface area contributed by atoms with Gasteiger partial charge in [0, 0.05) is 11.1 Å². The molecule has 2 aromatic rings. The molecule has 0 aromatic carbocycles. The lowest BCUT2D eigenvalue weighted by Crippen LogP contribution is -2.01. The van der Waals surface area contributed by atoms with E-state index >= 15 is 0 Å². The van der Waals surface area contributed by atoms with Crippen molar-refractivity contribution in [2.45, 2.75) is 13.5 Å². The molecule has 7 heteroatoms. The summed E-state index contributed by atoms with van der Waals surface area (Å²) in [5.74, 6) is 0.686. The van der Waals surface area contributed by atoms with Gasteiger partial charge in [0.05, 0.1) is 16.0 Å². The van der Waals surface area contributed by atoms with Crippen LogP contribution in [0.5, 0.6) is 0 Å². The lowest BCUT2D eigenvalue weighted by atomic mass is 10.5. The molecule has 2 aromatic heterocycles. The lowest BCUT2D eigenvalue weighted by molar-refractivity contribution is 1.08. The molecular weight excluding hydrogens is 312 g/mol. The Morgan fingerprint density at radius 1 is 1.44 bits per heavy atom. The Balaban J connectivity index is 2.07. The zero-order valence-electron chi connectivity index (χ0n) is 8.37. The maximum atomic E-state index is 5.85. The summed E-state index contributed by atoms with van der Waals surface area (Å²) in [5, 5.41) is 4.62. The third-order valence-electron chi connectivity index (χ3n) is 1.85. The second-order valence-electron chi connectivity index (χ2n) is 3.03. The van der Waals surface area contributed by atoms with E-state index in [0.717, 1.165) is 9.88 Å². The highest BCUT2D eigenvalue weighted by atomic mass is 79.9. The van der Waals surface area contributed by atoms with Crippen LogP contribution in [-0.2, 0) is 6.54 Å². The molecule has 1 N–H and O–H groups in total. The number of aromatic nitrogens is 3. The summed E-state index contributed by atoms with van der Waals surface area (Å²) in [4.78, 5) is 13.3. The van der Waals surface area contributed by atoms with E-state index in [1.807, 2.05) is 13.1 Å². The Morgan fingerprint density at radius 3 is 2.94 bits per heavy atom. The number of thiazole rings is 1. The van der Waals surface area contributed by atoms with Gasteiger partial charge >= 0.3 is 0 Å². The topological polar surface area (TPSA) is 50.7 Å². The lowest BCUT2D eigenvalue weighted by Gasteiger charge is -2.05. The van der Waals surface area contributed by atoms with Gasteiger partial charge in [-0.1, -0.05) is 11.6 Å². The van der Waals surface area contributed by atoms with Crippen molar-refractivity contribution in [1.29, 1.82) is 0 Å². The molecule has 0 aliphatic heterocycles. The van der Waals surface area contributed by atoms with E-state index in [1.165, 1.54) is 6.33 Å². The largest absolute Gasteiger partial charge is 0.364 e. The maximum Gasteiger partial charge on any atom is 0.148 e. The molecule has 0 radical (unpaired) electrons. The molecule has 84 valence electrons. The van der Waals surface area contributed by atoms with E-state index in [4.69, 9.17) is 11.6 Å². The van der Waals surface area contributed by atoms with E-state index in [-0.39, 0.29) is 0 Å². The highest BCUT2D eigenvalue weighted by molar-refractivity contribution is 9.10. The van der Waals surface area contributed by atoms with Crippen molar-refractivity contribution >= 4 is 44.7 Å². The van der Waals surface area contributed by atoms with Crippen LogP contribution in [-0.4, -0.2) is 15.0 Å². The molecular formula is C9H8BrClN4S. The van der Waals surface area contributed by atoms with Crippen LogP contribution in [0.1, 0.15) is 9.88 Å². The first kappa shape index (κ1) is 11.8. The first-order valence-corrected chi connectivity index (χ1v) is 6.46. The third-order valence-corrected chi connectivity index (χ3v) is 4.02. The molecule has 0 fully saturated rings. The van der Waals surface area contributed by atoms with E-state index < -0.39 is 0 Å². The summed E-state index contributed by atoms with van der Waals surface area (Å²) < 4.78 is 0.679. The minimum Gasteiger partial charge on any atom is -0.364 e. The van der Waals surface area contributed by atoms with Crippen molar-refractivity contribution in [2.75, 3.05) is 5.32 Å².